The molecule has 2 aromatic carbocycles. The third-order valence-electron chi connectivity index (χ3n) is 6.06. The molecule has 0 saturated carbocycles. The first kappa shape index (κ1) is 21.8. The van der Waals surface area contributed by atoms with Crippen molar-refractivity contribution < 1.29 is 14.3 Å². The van der Waals surface area contributed by atoms with Crippen LogP contribution in [0.4, 0.5) is 17.3 Å². The van der Waals surface area contributed by atoms with Gasteiger partial charge in [0.15, 0.2) is 23.1 Å². The second kappa shape index (κ2) is 9.44. The number of carbonyl (C=O) groups excluding carboxylic acids is 1. The van der Waals surface area contributed by atoms with E-state index in [1.807, 2.05) is 37.3 Å². The van der Waals surface area contributed by atoms with Gasteiger partial charge < -0.3 is 20.1 Å². The first-order valence-electron chi connectivity index (χ1n) is 11.2. The molecular formula is C24H27N7O3. The molecule has 1 amide bonds. The van der Waals surface area contributed by atoms with E-state index in [1.165, 1.54) is 11.9 Å². The number of benzene rings is 2. The average Bonchev–Trinajstić information content (AvgIpc) is 3.32. The zero-order chi connectivity index (χ0) is 23.5. The van der Waals surface area contributed by atoms with Crippen LogP contribution in [0.1, 0.15) is 21.5 Å². The number of rotatable bonds is 6. The molecule has 1 aromatic heterocycles. The zero-order valence-corrected chi connectivity index (χ0v) is 19.0. The van der Waals surface area contributed by atoms with Crippen LogP contribution in [0.15, 0.2) is 48.8 Å². The largest absolute Gasteiger partial charge is 0.454 e. The van der Waals surface area contributed by atoms with Crippen LogP contribution in [0.25, 0.3) is 0 Å². The highest BCUT2D eigenvalue weighted by Gasteiger charge is 2.22. The van der Waals surface area contributed by atoms with Crippen LogP contribution in [-0.2, 0) is 6.54 Å². The Morgan fingerprint density at radius 1 is 1.06 bits per heavy atom. The zero-order valence-electron chi connectivity index (χ0n) is 19.0. The first-order valence-corrected chi connectivity index (χ1v) is 11.2. The van der Waals surface area contributed by atoms with E-state index in [-0.39, 0.29) is 12.7 Å². The number of piperazine rings is 1. The number of aromatic nitrogens is 2. The van der Waals surface area contributed by atoms with Crippen molar-refractivity contribution >= 4 is 23.2 Å². The van der Waals surface area contributed by atoms with Gasteiger partial charge in [-0.3, -0.25) is 20.5 Å². The highest BCUT2D eigenvalue weighted by atomic mass is 16.7. The second-order valence-electron chi connectivity index (χ2n) is 8.30. The lowest BCUT2D eigenvalue weighted by atomic mass is 10.1. The van der Waals surface area contributed by atoms with Crippen molar-refractivity contribution in [2.24, 2.45) is 0 Å². The normalized spacial score (nSPS) is 15.3. The maximum atomic E-state index is 12.5. The summed E-state index contributed by atoms with van der Waals surface area (Å²) in [5.74, 6) is 2.38. The average molecular weight is 462 g/mol. The summed E-state index contributed by atoms with van der Waals surface area (Å²) in [6.45, 7) is 6.29. The van der Waals surface area contributed by atoms with E-state index in [2.05, 4.69) is 36.7 Å². The van der Waals surface area contributed by atoms with Crippen molar-refractivity contribution in [3.8, 4) is 11.5 Å². The molecule has 2 aliphatic rings. The van der Waals surface area contributed by atoms with Gasteiger partial charge in [0.25, 0.3) is 5.91 Å². The van der Waals surface area contributed by atoms with Gasteiger partial charge in [-0.25, -0.2) is 9.97 Å². The van der Waals surface area contributed by atoms with Crippen LogP contribution in [-0.4, -0.2) is 53.7 Å². The Bertz CT molecular complexity index is 1190. The molecule has 0 aliphatic carbocycles. The van der Waals surface area contributed by atoms with Crippen molar-refractivity contribution in [1.82, 2.24) is 20.3 Å². The molecule has 176 valence electrons. The van der Waals surface area contributed by atoms with Crippen LogP contribution in [0.3, 0.4) is 0 Å². The van der Waals surface area contributed by atoms with Gasteiger partial charge >= 0.3 is 0 Å². The quantitative estimate of drug-likeness (QED) is 0.475. The number of ether oxygens (including phenoxy) is 2. The van der Waals surface area contributed by atoms with E-state index in [9.17, 15) is 4.79 Å². The highest BCUT2D eigenvalue weighted by Crippen LogP contribution is 2.33. The standard InChI is InChI=1S/C24H27N7O3/c1-16-4-2-3-5-18(16)24(32)29-28-22-21(25)23(27-14-26-22)31-10-8-30(9-11-31)13-17-6-7-19-20(12-17)34-15-33-19/h2-7,12,14H,8-11,13,15,25H2,1H3,(H,29,32)(H,26,27,28). The highest BCUT2D eigenvalue weighted by molar-refractivity contribution is 5.96. The van der Waals surface area contributed by atoms with Gasteiger partial charge in [-0.1, -0.05) is 24.3 Å². The Kier molecular flexibility index (Phi) is 6.05. The summed E-state index contributed by atoms with van der Waals surface area (Å²) in [7, 11) is 0. The molecule has 0 bridgehead atoms. The molecule has 10 nitrogen and oxygen atoms in total. The lowest BCUT2D eigenvalue weighted by Gasteiger charge is -2.36. The number of carbonyl (C=O) groups is 1. The number of amides is 1. The molecular weight excluding hydrogens is 434 g/mol. The third kappa shape index (κ3) is 4.53. The smallest absolute Gasteiger partial charge is 0.269 e. The Morgan fingerprint density at radius 2 is 1.85 bits per heavy atom. The maximum absolute atomic E-state index is 12.5. The number of fused-ring (bicyclic) bond motifs is 1. The summed E-state index contributed by atoms with van der Waals surface area (Å²) in [5.41, 5.74) is 14.9. The van der Waals surface area contributed by atoms with Crippen LogP contribution in [0, 0.1) is 6.92 Å². The number of nitrogen functional groups attached to an aromatic ring is 1. The van der Waals surface area contributed by atoms with Gasteiger partial charge in [0.1, 0.15) is 12.0 Å². The fourth-order valence-electron chi connectivity index (χ4n) is 4.16. The van der Waals surface area contributed by atoms with Gasteiger partial charge in [0.05, 0.1) is 0 Å². The Balaban J connectivity index is 1.18. The lowest BCUT2D eigenvalue weighted by molar-refractivity contribution is 0.0962. The molecule has 3 heterocycles. The van der Waals surface area contributed by atoms with E-state index >= 15 is 0 Å². The number of nitrogens with two attached hydrogens (primary N) is 1. The van der Waals surface area contributed by atoms with Gasteiger partial charge in [0, 0.05) is 38.3 Å². The van der Waals surface area contributed by atoms with Gasteiger partial charge in [-0.05, 0) is 36.2 Å². The summed E-state index contributed by atoms with van der Waals surface area (Å²) < 4.78 is 10.9. The molecule has 1 fully saturated rings. The van der Waals surface area contributed by atoms with Crippen molar-refractivity contribution in [3.05, 3.63) is 65.5 Å². The maximum Gasteiger partial charge on any atom is 0.269 e. The molecule has 2 aliphatic heterocycles. The van der Waals surface area contributed by atoms with Crippen LogP contribution >= 0.6 is 0 Å². The fraction of sp³-hybridized carbons (Fsp3) is 0.292. The Labute approximate surface area is 197 Å². The minimum Gasteiger partial charge on any atom is -0.454 e. The molecule has 5 rings (SSSR count). The van der Waals surface area contributed by atoms with Gasteiger partial charge in [-0.15, -0.1) is 0 Å². The summed E-state index contributed by atoms with van der Waals surface area (Å²) in [5, 5.41) is 0. The monoisotopic (exact) mass is 461 g/mol. The molecule has 0 unspecified atom stereocenters. The number of hydrazine groups is 1. The first-order chi connectivity index (χ1) is 16.6. The van der Waals surface area contributed by atoms with E-state index < -0.39 is 0 Å². The molecule has 4 N–H and O–H groups in total. The molecule has 0 radical (unpaired) electrons. The number of anilines is 3. The number of hydrogen-bond acceptors (Lipinski definition) is 9. The number of nitrogens with zero attached hydrogens (tertiary/aromatic N) is 4. The van der Waals surface area contributed by atoms with E-state index in [1.54, 1.807) is 6.07 Å². The summed E-state index contributed by atoms with van der Waals surface area (Å²) in [6, 6.07) is 13.4. The van der Waals surface area contributed by atoms with Crippen LogP contribution < -0.4 is 31.0 Å². The lowest BCUT2D eigenvalue weighted by Crippen LogP contribution is -2.46. The fourth-order valence-corrected chi connectivity index (χ4v) is 4.16. The van der Waals surface area contributed by atoms with E-state index in [4.69, 9.17) is 15.2 Å². The van der Waals surface area contributed by atoms with Gasteiger partial charge in [0.2, 0.25) is 6.79 Å². The molecule has 10 heteroatoms. The SMILES string of the molecule is Cc1ccccc1C(=O)NNc1ncnc(N2CCN(Cc3ccc4c(c3)OCO4)CC2)c1N. The molecule has 1 saturated heterocycles. The minimum atomic E-state index is -0.255. The van der Waals surface area contributed by atoms with Crippen molar-refractivity contribution in [2.45, 2.75) is 13.5 Å². The summed E-state index contributed by atoms with van der Waals surface area (Å²) in [4.78, 5) is 25.6. The predicted octanol–water partition coefficient (Wildman–Crippen LogP) is 2.18. The molecule has 34 heavy (non-hydrogen) atoms. The number of aryl methyl sites for hydroxylation is 1. The van der Waals surface area contributed by atoms with E-state index in [0.717, 1.165) is 49.8 Å². The van der Waals surface area contributed by atoms with Gasteiger partial charge in [-0.2, -0.15) is 0 Å². The van der Waals surface area contributed by atoms with Crippen LogP contribution in [0.5, 0.6) is 11.5 Å². The third-order valence-corrected chi connectivity index (χ3v) is 6.06. The van der Waals surface area contributed by atoms with E-state index in [0.29, 0.717) is 22.9 Å². The minimum absolute atomic E-state index is 0.255. The molecule has 0 atom stereocenters. The topological polar surface area (TPSA) is 118 Å². The number of hydrogen-bond donors (Lipinski definition) is 3. The van der Waals surface area contributed by atoms with Crippen molar-refractivity contribution in [1.29, 1.82) is 0 Å². The Hall–Kier alpha value is -4.05. The Morgan fingerprint density at radius 3 is 2.68 bits per heavy atom. The second-order valence-corrected chi connectivity index (χ2v) is 8.30. The van der Waals surface area contributed by atoms with Crippen molar-refractivity contribution in [2.75, 3.05) is 49.0 Å². The van der Waals surface area contributed by atoms with Crippen molar-refractivity contribution in [3.63, 3.8) is 0 Å². The van der Waals surface area contributed by atoms with Crippen LogP contribution in [0.2, 0.25) is 0 Å². The molecule has 0 spiro atoms. The molecule has 3 aromatic rings. The summed E-state index contributed by atoms with van der Waals surface area (Å²) in [6.07, 6.45) is 1.45. The predicted molar refractivity (Wildman–Crippen MR) is 129 cm³/mol. The summed E-state index contributed by atoms with van der Waals surface area (Å²) >= 11 is 0. The number of nitrogens with one attached hydrogen (secondary N) is 2.